The Morgan fingerprint density at radius 3 is 2.56 bits per heavy atom. The average molecular weight is 368 g/mol. The van der Waals surface area contributed by atoms with Crippen LogP contribution < -0.4 is 20.1 Å². The highest BCUT2D eigenvalue weighted by Crippen LogP contribution is 2.32. The topological polar surface area (TPSA) is 76.7 Å². The molecule has 2 aromatic rings. The maximum Gasteiger partial charge on any atom is 0.251 e. The van der Waals surface area contributed by atoms with Crippen molar-refractivity contribution in [3.8, 4) is 11.5 Å². The van der Waals surface area contributed by atoms with Gasteiger partial charge in [0.2, 0.25) is 5.91 Å². The molecular weight excluding hydrogens is 344 g/mol. The van der Waals surface area contributed by atoms with Crippen molar-refractivity contribution in [3.63, 3.8) is 0 Å². The van der Waals surface area contributed by atoms with Crippen molar-refractivity contribution in [2.24, 2.45) is 0 Å². The van der Waals surface area contributed by atoms with Crippen LogP contribution in [0.1, 0.15) is 41.7 Å². The van der Waals surface area contributed by atoms with Crippen LogP contribution in [0, 0.1) is 0 Å². The summed E-state index contributed by atoms with van der Waals surface area (Å²) in [4.78, 5) is 24.1. The van der Waals surface area contributed by atoms with Crippen LogP contribution in [0.25, 0.3) is 0 Å². The van der Waals surface area contributed by atoms with Crippen molar-refractivity contribution in [1.29, 1.82) is 0 Å². The summed E-state index contributed by atoms with van der Waals surface area (Å²) < 4.78 is 11.1. The molecule has 0 aliphatic carbocycles. The molecule has 1 heterocycles. The van der Waals surface area contributed by atoms with Crippen LogP contribution in [0.5, 0.6) is 11.5 Å². The third-order valence-corrected chi connectivity index (χ3v) is 4.35. The second kappa shape index (κ2) is 9.07. The second-order valence-corrected chi connectivity index (χ2v) is 6.42. The van der Waals surface area contributed by atoms with Crippen LogP contribution >= 0.6 is 0 Å². The number of benzene rings is 2. The summed E-state index contributed by atoms with van der Waals surface area (Å²) in [6.45, 7) is 3.48. The third-order valence-electron chi connectivity index (χ3n) is 4.35. The molecule has 3 rings (SSSR count). The molecule has 1 aliphatic rings. The highest BCUT2D eigenvalue weighted by Gasteiger charge is 2.15. The van der Waals surface area contributed by atoms with Gasteiger partial charge < -0.3 is 20.1 Å². The van der Waals surface area contributed by atoms with Gasteiger partial charge in [-0.3, -0.25) is 9.59 Å². The Labute approximate surface area is 158 Å². The van der Waals surface area contributed by atoms with E-state index in [0.29, 0.717) is 43.9 Å². The molecule has 1 aliphatic heterocycles. The zero-order valence-electron chi connectivity index (χ0n) is 15.4. The Hall–Kier alpha value is -3.02. The minimum Gasteiger partial charge on any atom is -0.486 e. The summed E-state index contributed by atoms with van der Waals surface area (Å²) >= 11 is 0. The molecule has 0 saturated carbocycles. The summed E-state index contributed by atoms with van der Waals surface area (Å²) in [5.41, 5.74) is 1.58. The molecule has 0 fully saturated rings. The molecule has 0 spiro atoms. The molecule has 0 aromatic heterocycles. The Morgan fingerprint density at radius 2 is 1.78 bits per heavy atom. The van der Waals surface area contributed by atoms with E-state index >= 15 is 0 Å². The number of hydrogen-bond donors (Lipinski definition) is 2. The predicted octanol–water partition coefficient (Wildman–Crippen LogP) is 2.85. The lowest BCUT2D eigenvalue weighted by atomic mass is 10.1. The van der Waals surface area contributed by atoms with E-state index in [2.05, 4.69) is 10.6 Å². The zero-order chi connectivity index (χ0) is 19.1. The van der Waals surface area contributed by atoms with Crippen LogP contribution in [0.4, 0.5) is 0 Å². The molecule has 1 unspecified atom stereocenters. The van der Waals surface area contributed by atoms with Crippen molar-refractivity contribution in [2.75, 3.05) is 19.8 Å². The highest BCUT2D eigenvalue weighted by atomic mass is 16.6. The van der Waals surface area contributed by atoms with E-state index in [9.17, 15) is 9.59 Å². The largest absolute Gasteiger partial charge is 0.486 e. The van der Waals surface area contributed by atoms with Gasteiger partial charge in [0, 0.05) is 18.5 Å². The van der Waals surface area contributed by atoms with E-state index in [1.807, 2.05) is 43.3 Å². The lowest BCUT2D eigenvalue weighted by Gasteiger charge is -2.21. The zero-order valence-corrected chi connectivity index (χ0v) is 15.4. The van der Waals surface area contributed by atoms with Crippen molar-refractivity contribution in [3.05, 3.63) is 59.7 Å². The van der Waals surface area contributed by atoms with E-state index < -0.39 is 0 Å². The van der Waals surface area contributed by atoms with Crippen molar-refractivity contribution in [2.45, 2.75) is 25.8 Å². The van der Waals surface area contributed by atoms with Gasteiger partial charge in [0.25, 0.3) is 5.91 Å². The summed E-state index contributed by atoms with van der Waals surface area (Å²) in [6, 6.07) is 14.6. The van der Waals surface area contributed by atoms with Crippen LogP contribution in [0.2, 0.25) is 0 Å². The van der Waals surface area contributed by atoms with Crippen LogP contribution in [0.15, 0.2) is 48.5 Å². The molecule has 27 heavy (non-hydrogen) atoms. The maximum absolute atomic E-state index is 12.2. The number of amides is 2. The summed E-state index contributed by atoms with van der Waals surface area (Å²) in [7, 11) is 0. The lowest BCUT2D eigenvalue weighted by molar-refractivity contribution is -0.121. The average Bonchev–Trinajstić information content (AvgIpc) is 2.71. The van der Waals surface area contributed by atoms with Crippen LogP contribution in [-0.4, -0.2) is 31.6 Å². The molecule has 0 radical (unpaired) electrons. The Morgan fingerprint density at radius 1 is 1.04 bits per heavy atom. The minimum absolute atomic E-state index is 0.0497. The first kappa shape index (κ1) is 18.8. The fourth-order valence-corrected chi connectivity index (χ4v) is 2.87. The summed E-state index contributed by atoms with van der Waals surface area (Å²) in [6.07, 6.45) is 0.933. The van der Waals surface area contributed by atoms with Gasteiger partial charge in [-0.2, -0.15) is 0 Å². The van der Waals surface area contributed by atoms with E-state index in [-0.39, 0.29) is 17.9 Å². The number of hydrogen-bond acceptors (Lipinski definition) is 4. The fraction of sp³-hybridized carbons (Fsp3) is 0.333. The number of ether oxygens (including phenoxy) is 2. The van der Waals surface area contributed by atoms with Gasteiger partial charge in [0.1, 0.15) is 13.2 Å². The molecule has 0 saturated heterocycles. The number of nitrogens with one attached hydrogen (secondary N) is 2. The standard InChI is InChI=1S/C21H24N2O4/c1-15(17-9-10-18-19(14-17)27-13-12-26-18)23-20(24)8-5-11-22-21(25)16-6-3-2-4-7-16/h2-4,6-7,9-10,14-15H,5,8,11-13H2,1H3,(H,22,25)(H,23,24). The molecule has 6 heteroatoms. The lowest BCUT2D eigenvalue weighted by Crippen LogP contribution is -2.29. The first-order chi connectivity index (χ1) is 13.1. The number of fused-ring (bicyclic) bond motifs is 1. The molecule has 1 atom stereocenters. The van der Waals surface area contributed by atoms with Gasteiger partial charge in [-0.25, -0.2) is 0 Å². The monoisotopic (exact) mass is 368 g/mol. The van der Waals surface area contributed by atoms with Gasteiger partial charge in [0.15, 0.2) is 11.5 Å². The normalized spacial score (nSPS) is 13.5. The van der Waals surface area contributed by atoms with E-state index in [1.165, 1.54) is 0 Å². The van der Waals surface area contributed by atoms with Crippen molar-refractivity contribution < 1.29 is 19.1 Å². The van der Waals surface area contributed by atoms with Crippen LogP contribution in [0.3, 0.4) is 0 Å². The highest BCUT2D eigenvalue weighted by molar-refractivity contribution is 5.94. The smallest absolute Gasteiger partial charge is 0.251 e. The molecule has 6 nitrogen and oxygen atoms in total. The summed E-state index contributed by atoms with van der Waals surface area (Å²) in [5.74, 6) is 1.27. The van der Waals surface area contributed by atoms with E-state index in [0.717, 1.165) is 11.3 Å². The fourth-order valence-electron chi connectivity index (χ4n) is 2.87. The predicted molar refractivity (Wildman–Crippen MR) is 102 cm³/mol. The number of rotatable bonds is 7. The molecule has 142 valence electrons. The van der Waals surface area contributed by atoms with E-state index in [4.69, 9.17) is 9.47 Å². The number of carbonyl (C=O) groups excluding carboxylic acids is 2. The quantitative estimate of drug-likeness (QED) is 0.737. The first-order valence-corrected chi connectivity index (χ1v) is 9.15. The Bertz CT molecular complexity index is 792. The van der Waals surface area contributed by atoms with Gasteiger partial charge in [0.05, 0.1) is 6.04 Å². The number of carbonyl (C=O) groups is 2. The molecule has 2 amide bonds. The second-order valence-electron chi connectivity index (χ2n) is 6.42. The SMILES string of the molecule is CC(NC(=O)CCCNC(=O)c1ccccc1)c1ccc2c(c1)OCCO2. The summed E-state index contributed by atoms with van der Waals surface area (Å²) in [5, 5.41) is 5.80. The Kier molecular flexibility index (Phi) is 6.30. The van der Waals surface area contributed by atoms with Gasteiger partial charge in [-0.15, -0.1) is 0 Å². The van der Waals surface area contributed by atoms with E-state index in [1.54, 1.807) is 12.1 Å². The van der Waals surface area contributed by atoms with Gasteiger partial charge in [-0.05, 0) is 43.2 Å². The first-order valence-electron chi connectivity index (χ1n) is 9.15. The van der Waals surface area contributed by atoms with Crippen molar-refractivity contribution in [1.82, 2.24) is 10.6 Å². The molecular formula is C21H24N2O4. The minimum atomic E-state index is -0.132. The van der Waals surface area contributed by atoms with Gasteiger partial charge in [-0.1, -0.05) is 24.3 Å². The van der Waals surface area contributed by atoms with Crippen molar-refractivity contribution >= 4 is 11.8 Å². The van der Waals surface area contributed by atoms with Gasteiger partial charge >= 0.3 is 0 Å². The van der Waals surface area contributed by atoms with Crippen LogP contribution in [-0.2, 0) is 4.79 Å². The molecule has 2 N–H and O–H groups in total. The molecule has 0 bridgehead atoms. The molecule has 2 aromatic carbocycles. The third kappa shape index (κ3) is 5.23. The Balaban J connectivity index is 1.40. The maximum atomic E-state index is 12.2.